The summed E-state index contributed by atoms with van der Waals surface area (Å²) < 4.78 is 71.9. The van der Waals surface area contributed by atoms with Crippen LogP contribution in [0.5, 0.6) is 0 Å². The van der Waals surface area contributed by atoms with Crippen molar-refractivity contribution in [2.75, 3.05) is 0 Å². The molecule has 0 radical (unpaired) electrons. The predicted molar refractivity (Wildman–Crippen MR) is 275 cm³/mol. The van der Waals surface area contributed by atoms with E-state index in [1.807, 2.05) is 30.3 Å². The van der Waals surface area contributed by atoms with E-state index < -0.39 is 61.6 Å². The van der Waals surface area contributed by atoms with Crippen LogP contribution in [0.2, 0.25) is 38.8 Å². The maximum Gasteiger partial charge on any atom is 0.486 e. The zero-order valence-electron chi connectivity index (χ0n) is 41.9. The minimum Gasteiger partial charge on any atom is -0.390 e. The van der Waals surface area contributed by atoms with Crippen molar-refractivity contribution in [1.82, 2.24) is 0 Å². The minimum absolute atomic E-state index is 0. The second-order valence-corrected chi connectivity index (χ2v) is 44.7. The predicted octanol–water partition coefficient (Wildman–Crippen LogP) is 12.9. The van der Waals surface area contributed by atoms with Gasteiger partial charge in [0, 0.05) is 60.5 Å². The summed E-state index contributed by atoms with van der Waals surface area (Å²) in [5, 5.41) is 0. The van der Waals surface area contributed by atoms with E-state index in [2.05, 4.69) is 6.92 Å². The Bertz CT molecular complexity index is 1580. The van der Waals surface area contributed by atoms with Crippen molar-refractivity contribution in [3.8, 4) is 0 Å². The van der Waals surface area contributed by atoms with E-state index in [1.165, 1.54) is 0 Å². The molecule has 3 saturated heterocycles. The van der Waals surface area contributed by atoms with E-state index in [0.717, 1.165) is 230 Å². The molecule has 10 aliphatic rings. The third-order valence-electron chi connectivity index (χ3n) is 18.2. The van der Waals surface area contributed by atoms with Crippen molar-refractivity contribution in [3.63, 3.8) is 0 Å². The van der Waals surface area contributed by atoms with E-state index in [9.17, 15) is 14.4 Å². The Morgan fingerprint density at radius 1 is 0.290 bits per heavy atom. The quantitative estimate of drug-likeness (QED) is 0.177. The van der Waals surface area contributed by atoms with E-state index >= 15 is 0 Å². The summed E-state index contributed by atoms with van der Waals surface area (Å²) >= 11 is 0. The van der Waals surface area contributed by atoms with Gasteiger partial charge in [0.25, 0.3) is 0 Å². The summed E-state index contributed by atoms with van der Waals surface area (Å²) in [6.07, 6.45) is 33.4. The molecular formula is C49H87O12Si7Ti-. The van der Waals surface area contributed by atoms with Gasteiger partial charge in [-0.3, -0.25) is 0 Å². The second kappa shape index (κ2) is 23.6. The van der Waals surface area contributed by atoms with Crippen LogP contribution in [0.25, 0.3) is 0 Å². The summed E-state index contributed by atoms with van der Waals surface area (Å²) in [6.45, 7) is 3.72. The molecule has 20 heteroatoms. The Balaban J connectivity index is 0.000000682. The number of benzene rings is 1. The van der Waals surface area contributed by atoms with Crippen LogP contribution in [0.15, 0.2) is 30.3 Å². The Morgan fingerprint density at radius 2 is 0.478 bits per heavy atom. The van der Waals surface area contributed by atoms with Crippen LogP contribution in [-0.4, -0.2) is 76.0 Å². The number of hydrogen-bond donors (Lipinski definition) is 3. The molecule has 3 aliphatic heterocycles. The zero-order chi connectivity index (χ0) is 46.8. The Labute approximate surface area is 438 Å². The van der Waals surface area contributed by atoms with Crippen LogP contribution in [0.3, 0.4) is 0 Å². The van der Waals surface area contributed by atoms with Gasteiger partial charge in [0.2, 0.25) is 0 Å². The molecule has 388 valence electrons. The first kappa shape index (κ1) is 54.6. The molecule has 3 N–H and O–H groups in total. The summed E-state index contributed by atoms with van der Waals surface area (Å²) in [5.41, 5.74) is -0.174. The van der Waals surface area contributed by atoms with Crippen molar-refractivity contribution in [2.45, 2.75) is 264 Å². The van der Waals surface area contributed by atoms with Gasteiger partial charge < -0.3 is 51.4 Å². The number of rotatable bonds is 7. The first-order chi connectivity index (χ1) is 33.0. The third-order valence-corrected chi connectivity index (χ3v) is 50.0. The summed E-state index contributed by atoms with van der Waals surface area (Å²) in [5.74, 6) is 0. The second-order valence-electron chi connectivity index (χ2n) is 23.1. The standard InChI is InChI=1S/C42H80O12Si7.C7H7.Ti/c43-55(36-22-8-1-9-23-36)46-58(39-28-14-4-15-29-39)48-56(44,37-24-10-2-11-25-37)50-60(41-32-18-6-19-33-41)51-57(45,38-26-12-3-13-27-38)49-59(47-55,40-30-16-5-17-31-40)53-61(52-58,54-60)42-34-20-7-21-35-42;1-7-5-3-2-4-6-7;/h36-45H,1-35H2;2-6H,1H2;/q;-1;. The largest absolute Gasteiger partial charge is 0.486 e. The first-order valence-electron chi connectivity index (χ1n) is 28.3. The molecule has 7 saturated carbocycles. The molecule has 11 rings (SSSR count). The Kier molecular flexibility index (Phi) is 18.7. The molecule has 3 heterocycles. The SMILES string of the molecule is O[Si]1(C2CCCCC2)O[Si]2(C3CCCCC3)O[Si](O)(C3CCCCC3)O[Si]3(C4CCCCC4)O[Si](O)(C4CCCCC4)O[Si](C4CCCCC4)(O1)O[Si](C1CCCCC1)(O2)O3.[CH2-]c1ccccc1.[Ti]. The van der Waals surface area contributed by atoms with Gasteiger partial charge in [-0.05, 0) is 89.9 Å². The van der Waals surface area contributed by atoms with Crippen LogP contribution >= 0.6 is 0 Å². The van der Waals surface area contributed by atoms with Crippen LogP contribution in [0, 0.1) is 6.92 Å². The molecular weight excluding hydrogens is 1020 g/mol. The Hall–Kier alpha value is 0.842. The summed E-state index contributed by atoms with van der Waals surface area (Å²) in [4.78, 5) is 42.0. The zero-order valence-corrected chi connectivity index (χ0v) is 50.5. The number of hydrogen-bond acceptors (Lipinski definition) is 12. The first-order valence-corrected chi connectivity index (χ1v) is 41.1. The van der Waals surface area contributed by atoms with E-state index in [-0.39, 0.29) is 60.5 Å². The van der Waals surface area contributed by atoms with Gasteiger partial charge >= 0.3 is 61.6 Å². The van der Waals surface area contributed by atoms with Gasteiger partial charge in [0.15, 0.2) is 0 Å². The summed E-state index contributed by atoms with van der Waals surface area (Å²) in [6, 6.07) is 9.87. The molecule has 12 nitrogen and oxygen atoms in total. The molecule has 0 unspecified atom stereocenters. The summed E-state index contributed by atoms with van der Waals surface area (Å²) in [7, 11) is -29.9. The van der Waals surface area contributed by atoms with Gasteiger partial charge in [0.1, 0.15) is 0 Å². The Morgan fingerprint density at radius 3 is 0.667 bits per heavy atom. The molecule has 0 atom stereocenters. The van der Waals surface area contributed by atoms with Crippen LogP contribution < -0.4 is 0 Å². The molecule has 10 fully saturated rings. The average Bonchev–Trinajstić information content (AvgIpc) is 3.37. The van der Waals surface area contributed by atoms with Gasteiger partial charge in [-0.15, -0.1) is 12.1 Å². The fourth-order valence-corrected chi connectivity index (χ4v) is 56.9. The van der Waals surface area contributed by atoms with Gasteiger partial charge in [-0.25, -0.2) is 0 Å². The number of fused-ring (bicyclic) bond motifs is 3. The van der Waals surface area contributed by atoms with E-state index in [0.29, 0.717) is 0 Å². The van der Waals surface area contributed by atoms with Crippen molar-refractivity contribution in [2.24, 2.45) is 0 Å². The van der Waals surface area contributed by atoms with Gasteiger partial charge in [-0.2, -0.15) is 24.6 Å². The normalized spacial score (nSPS) is 41.3. The smallest absolute Gasteiger partial charge is 0.390 e. The topological polar surface area (TPSA) is 144 Å². The fraction of sp³-hybridized carbons (Fsp3) is 0.857. The molecule has 0 amide bonds. The molecule has 0 spiro atoms. The monoisotopic (exact) mass is 1110 g/mol. The van der Waals surface area contributed by atoms with Crippen molar-refractivity contribution in [1.29, 1.82) is 0 Å². The van der Waals surface area contributed by atoms with Gasteiger partial charge in [0.05, 0.1) is 0 Å². The minimum atomic E-state index is -4.38. The fourth-order valence-electron chi connectivity index (χ4n) is 14.3. The van der Waals surface area contributed by atoms with E-state index in [4.69, 9.17) is 37.0 Å². The van der Waals surface area contributed by atoms with Crippen LogP contribution in [-0.2, 0) is 58.8 Å². The van der Waals surface area contributed by atoms with Crippen LogP contribution in [0.4, 0.5) is 0 Å². The molecule has 69 heavy (non-hydrogen) atoms. The maximum atomic E-state index is 14.0. The van der Waals surface area contributed by atoms with E-state index in [1.54, 1.807) is 0 Å². The van der Waals surface area contributed by atoms with Crippen molar-refractivity contribution >= 4 is 61.6 Å². The average molecular weight is 1110 g/mol. The van der Waals surface area contributed by atoms with Crippen molar-refractivity contribution in [3.05, 3.63) is 42.8 Å². The van der Waals surface area contributed by atoms with Crippen molar-refractivity contribution < 1.29 is 73.1 Å². The molecule has 1 aromatic rings. The third kappa shape index (κ3) is 11.9. The molecule has 4 bridgehead atoms. The molecule has 7 aliphatic carbocycles. The van der Waals surface area contributed by atoms with Gasteiger partial charge in [-0.1, -0.05) is 141 Å². The molecule has 1 aromatic carbocycles. The maximum absolute atomic E-state index is 14.0. The van der Waals surface area contributed by atoms with Crippen LogP contribution in [0.1, 0.15) is 230 Å². The molecule has 0 aromatic heterocycles.